The zero-order valence-electron chi connectivity index (χ0n) is 16.8. The number of dihydropyridines is 1. The second-order valence-corrected chi connectivity index (χ2v) is 8.27. The molecular weight excluding hydrogens is 392 g/mol. The smallest absolute Gasteiger partial charge is 0.253 e. The number of hydrogen-bond acceptors (Lipinski definition) is 6. The Labute approximate surface area is 178 Å². The van der Waals surface area contributed by atoms with Crippen LogP contribution >= 0.6 is 0 Å². The zero-order valence-corrected chi connectivity index (χ0v) is 16.8. The summed E-state index contributed by atoms with van der Waals surface area (Å²) in [4.78, 5) is 12.9. The van der Waals surface area contributed by atoms with Gasteiger partial charge in [-0.15, -0.1) is 15.3 Å². The molecule has 0 bridgehead atoms. The lowest BCUT2D eigenvalue weighted by Crippen LogP contribution is -2.44. The van der Waals surface area contributed by atoms with E-state index in [9.17, 15) is 4.79 Å². The van der Waals surface area contributed by atoms with Crippen LogP contribution in [0.15, 0.2) is 55.0 Å². The van der Waals surface area contributed by atoms with Gasteiger partial charge in [0, 0.05) is 17.5 Å². The second kappa shape index (κ2) is 7.19. The van der Waals surface area contributed by atoms with E-state index in [0.717, 1.165) is 35.7 Å². The van der Waals surface area contributed by atoms with Crippen molar-refractivity contribution in [2.75, 3.05) is 0 Å². The van der Waals surface area contributed by atoms with Crippen LogP contribution in [0.3, 0.4) is 0 Å². The van der Waals surface area contributed by atoms with Gasteiger partial charge in [-0.05, 0) is 56.0 Å². The normalized spacial score (nSPS) is 20.3. The molecule has 2 saturated carbocycles. The molecule has 0 radical (unpaired) electrons. The van der Waals surface area contributed by atoms with Crippen molar-refractivity contribution in [3.63, 3.8) is 0 Å². The number of hydrogen-bond donors (Lipinski definition) is 2. The average molecular weight is 414 g/mol. The molecule has 2 fully saturated rings. The lowest BCUT2D eigenvalue weighted by molar-refractivity contribution is 0.0941. The van der Waals surface area contributed by atoms with Gasteiger partial charge in [0.2, 0.25) is 0 Å². The predicted molar refractivity (Wildman–Crippen MR) is 113 cm³/mol. The van der Waals surface area contributed by atoms with Crippen LogP contribution in [0.5, 0.6) is 0 Å². The molecule has 1 aromatic carbocycles. The second-order valence-electron chi connectivity index (χ2n) is 8.27. The molecule has 9 nitrogen and oxygen atoms in total. The van der Waals surface area contributed by atoms with E-state index in [4.69, 9.17) is 0 Å². The van der Waals surface area contributed by atoms with Gasteiger partial charge >= 0.3 is 0 Å². The average Bonchev–Trinajstić information content (AvgIpc) is 3.73. The van der Waals surface area contributed by atoms with Gasteiger partial charge in [-0.2, -0.15) is 0 Å². The maximum atomic E-state index is 12.9. The van der Waals surface area contributed by atoms with Gasteiger partial charge < -0.3 is 15.2 Å². The van der Waals surface area contributed by atoms with E-state index < -0.39 is 0 Å². The van der Waals surface area contributed by atoms with Crippen molar-refractivity contribution >= 4 is 11.6 Å². The first-order chi connectivity index (χ1) is 15.2. The van der Waals surface area contributed by atoms with E-state index >= 15 is 0 Å². The van der Waals surface area contributed by atoms with E-state index in [1.54, 1.807) is 17.1 Å². The molecule has 1 aliphatic heterocycles. The maximum Gasteiger partial charge on any atom is 0.253 e. The minimum absolute atomic E-state index is 0.170. The SMILES string of the molecule is O=C(NC1C=CC=C(c2nncn2C2CC2)N1)c1cccc(-n2cc(C3CC3)nn2)c1. The van der Waals surface area contributed by atoms with Crippen LogP contribution in [-0.2, 0) is 0 Å². The Morgan fingerprint density at radius 2 is 2.06 bits per heavy atom. The van der Waals surface area contributed by atoms with Crippen molar-refractivity contribution in [1.29, 1.82) is 0 Å². The Morgan fingerprint density at radius 3 is 2.90 bits per heavy atom. The first-order valence-electron chi connectivity index (χ1n) is 10.6. The fraction of sp³-hybridized carbons (Fsp3) is 0.318. The Hall–Kier alpha value is -3.75. The van der Waals surface area contributed by atoms with Gasteiger partial charge in [0.1, 0.15) is 12.5 Å². The van der Waals surface area contributed by atoms with Crippen LogP contribution in [-0.4, -0.2) is 41.8 Å². The van der Waals surface area contributed by atoms with Crippen LogP contribution in [0.2, 0.25) is 0 Å². The van der Waals surface area contributed by atoms with Gasteiger partial charge in [-0.1, -0.05) is 17.4 Å². The topological polar surface area (TPSA) is 103 Å². The Balaban J connectivity index is 1.16. The van der Waals surface area contributed by atoms with Crippen LogP contribution in [0.1, 0.15) is 59.5 Å². The Morgan fingerprint density at radius 1 is 1.16 bits per heavy atom. The van der Waals surface area contributed by atoms with Crippen molar-refractivity contribution < 1.29 is 4.79 Å². The minimum Gasteiger partial charge on any atom is -0.359 e. The molecule has 2 N–H and O–H groups in total. The van der Waals surface area contributed by atoms with Crippen LogP contribution in [0.4, 0.5) is 0 Å². The fourth-order valence-electron chi connectivity index (χ4n) is 3.79. The van der Waals surface area contributed by atoms with E-state index in [1.807, 2.05) is 42.6 Å². The molecule has 3 aliphatic rings. The van der Waals surface area contributed by atoms with E-state index in [1.165, 1.54) is 12.8 Å². The lowest BCUT2D eigenvalue weighted by Gasteiger charge is -2.22. The molecule has 6 rings (SSSR count). The van der Waals surface area contributed by atoms with Crippen molar-refractivity contribution in [2.24, 2.45) is 0 Å². The summed E-state index contributed by atoms with van der Waals surface area (Å²) in [5, 5.41) is 23.1. The number of rotatable bonds is 6. The number of amides is 1. The van der Waals surface area contributed by atoms with Crippen LogP contribution in [0.25, 0.3) is 11.4 Å². The summed E-state index contributed by atoms with van der Waals surface area (Å²) in [7, 11) is 0. The van der Waals surface area contributed by atoms with Gasteiger partial charge in [0.25, 0.3) is 5.91 Å². The molecular formula is C22H22N8O. The molecule has 1 amide bonds. The molecule has 3 heterocycles. The molecule has 2 aliphatic carbocycles. The molecule has 1 atom stereocenters. The number of nitrogens with one attached hydrogen (secondary N) is 2. The summed E-state index contributed by atoms with van der Waals surface area (Å²) in [6.07, 6.45) is 13.8. The van der Waals surface area contributed by atoms with Crippen molar-refractivity contribution in [1.82, 2.24) is 40.4 Å². The van der Waals surface area contributed by atoms with Crippen LogP contribution < -0.4 is 10.6 Å². The monoisotopic (exact) mass is 414 g/mol. The van der Waals surface area contributed by atoms with Crippen molar-refractivity contribution in [2.45, 2.75) is 43.8 Å². The van der Waals surface area contributed by atoms with E-state index in [2.05, 4.69) is 35.7 Å². The molecule has 0 saturated heterocycles. The molecule has 3 aromatic rings. The number of benzene rings is 1. The largest absolute Gasteiger partial charge is 0.359 e. The highest BCUT2D eigenvalue weighted by Crippen LogP contribution is 2.38. The molecule has 156 valence electrons. The maximum absolute atomic E-state index is 12.9. The summed E-state index contributed by atoms with van der Waals surface area (Å²) in [6.45, 7) is 0. The van der Waals surface area contributed by atoms with Gasteiger partial charge in [-0.3, -0.25) is 4.79 Å². The summed E-state index contributed by atoms with van der Waals surface area (Å²) in [5.74, 6) is 1.17. The van der Waals surface area contributed by atoms with Gasteiger partial charge in [0.05, 0.1) is 23.3 Å². The summed E-state index contributed by atoms with van der Waals surface area (Å²) in [5.41, 5.74) is 3.25. The number of aromatic nitrogens is 6. The quantitative estimate of drug-likeness (QED) is 0.642. The van der Waals surface area contributed by atoms with Crippen LogP contribution in [0, 0.1) is 0 Å². The number of carbonyl (C=O) groups is 1. The standard InChI is InChI=1S/C22H22N8O/c31-22(15-3-1-4-17(11-15)30-12-19(26-28-30)14-7-8-14)25-20-6-2-5-18(24-20)21-27-23-13-29(21)16-9-10-16/h1-6,11-14,16,20,24H,7-10H2,(H,25,31). The number of allylic oxidation sites excluding steroid dienone is 2. The molecule has 0 spiro atoms. The van der Waals surface area contributed by atoms with Gasteiger partial charge in [0.15, 0.2) is 5.82 Å². The minimum atomic E-state index is -0.339. The lowest BCUT2D eigenvalue weighted by atomic mass is 10.1. The first-order valence-corrected chi connectivity index (χ1v) is 10.6. The number of nitrogens with zero attached hydrogens (tertiary/aromatic N) is 6. The summed E-state index contributed by atoms with van der Waals surface area (Å²) in [6, 6.07) is 7.88. The molecule has 31 heavy (non-hydrogen) atoms. The summed E-state index contributed by atoms with van der Waals surface area (Å²) >= 11 is 0. The van der Waals surface area contributed by atoms with Gasteiger partial charge in [-0.25, -0.2) is 4.68 Å². The predicted octanol–water partition coefficient (Wildman–Crippen LogP) is 2.33. The summed E-state index contributed by atoms with van der Waals surface area (Å²) < 4.78 is 3.82. The molecule has 2 aromatic heterocycles. The van der Waals surface area contributed by atoms with E-state index in [0.29, 0.717) is 17.5 Å². The Bertz CT molecular complexity index is 1200. The highest BCUT2D eigenvalue weighted by atomic mass is 16.1. The molecule has 1 unspecified atom stereocenters. The highest BCUT2D eigenvalue weighted by molar-refractivity contribution is 5.95. The highest BCUT2D eigenvalue weighted by Gasteiger charge is 2.28. The third-order valence-corrected chi connectivity index (χ3v) is 5.80. The number of carbonyl (C=O) groups excluding carboxylic acids is 1. The molecule has 9 heteroatoms. The third kappa shape index (κ3) is 3.63. The van der Waals surface area contributed by atoms with E-state index in [-0.39, 0.29) is 12.1 Å². The fourth-order valence-corrected chi connectivity index (χ4v) is 3.79. The first kappa shape index (κ1) is 18.1. The zero-order chi connectivity index (χ0) is 20.8. The van der Waals surface area contributed by atoms with Crippen molar-refractivity contribution in [3.8, 4) is 5.69 Å². The Kier molecular flexibility index (Phi) is 4.19. The third-order valence-electron chi connectivity index (χ3n) is 5.80. The van der Waals surface area contributed by atoms with Crippen molar-refractivity contribution in [3.05, 3.63) is 72.1 Å².